The molecule has 0 radical (unpaired) electrons. The van der Waals surface area contributed by atoms with Gasteiger partial charge >= 0.3 is 0 Å². The third-order valence-corrected chi connectivity index (χ3v) is 6.40. The Balaban J connectivity index is 1.67. The molecule has 2 aromatic heterocycles. The van der Waals surface area contributed by atoms with Crippen LogP contribution in [0.15, 0.2) is 59.9 Å². The van der Waals surface area contributed by atoms with Crippen LogP contribution in [0.1, 0.15) is 36.7 Å². The summed E-state index contributed by atoms with van der Waals surface area (Å²) in [5.74, 6) is 1.13. The zero-order valence-corrected chi connectivity index (χ0v) is 14.9. The quantitative estimate of drug-likeness (QED) is 0.755. The van der Waals surface area contributed by atoms with E-state index in [2.05, 4.69) is 64.4 Å². The number of H-pyrrole nitrogens is 1. The number of thioether (sulfide) groups is 1. The highest BCUT2D eigenvalue weighted by Crippen LogP contribution is 2.49. The van der Waals surface area contributed by atoms with Crippen molar-refractivity contribution in [3.8, 4) is 0 Å². The normalized spacial score (nSPS) is 25.4. The van der Waals surface area contributed by atoms with Gasteiger partial charge in [0.25, 0.3) is 0 Å². The van der Waals surface area contributed by atoms with E-state index in [1.54, 1.807) is 0 Å². The number of benzene rings is 1. The van der Waals surface area contributed by atoms with Crippen molar-refractivity contribution in [1.29, 1.82) is 0 Å². The molecule has 25 heavy (non-hydrogen) atoms. The van der Waals surface area contributed by atoms with Crippen LogP contribution >= 0.6 is 11.8 Å². The average Bonchev–Trinajstić information content (AvgIpc) is 3.35. The van der Waals surface area contributed by atoms with Crippen molar-refractivity contribution in [2.45, 2.75) is 31.5 Å². The third-order valence-electron chi connectivity index (χ3n) is 5.27. The minimum Gasteiger partial charge on any atom is -0.361 e. The lowest BCUT2D eigenvalue weighted by Crippen LogP contribution is -2.35. The lowest BCUT2D eigenvalue weighted by atomic mass is 9.95. The molecule has 0 spiro atoms. The van der Waals surface area contributed by atoms with E-state index in [9.17, 15) is 0 Å². The third kappa shape index (κ3) is 2.29. The number of amidine groups is 1. The van der Waals surface area contributed by atoms with Crippen molar-refractivity contribution >= 4 is 27.8 Å². The van der Waals surface area contributed by atoms with Crippen molar-refractivity contribution in [3.05, 3.63) is 66.1 Å². The summed E-state index contributed by atoms with van der Waals surface area (Å²) in [6.07, 6.45) is 5.18. The average molecular weight is 348 g/mol. The van der Waals surface area contributed by atoms with Crippen LogP contribution in [0, 0.1) is 0 Å². The van der Waals surface area contributed by atoms with Crippen molar-refractivity contribution < 1.29 is 0 Å². The van der Waals surface area contributed by atoms with Gasteiger partial charge in [-0.3, -0.25) is 9.98 Å². The predicted octanol–water partition coefficient (Wildman–Crippen LogP) is 4.54. The fourth-order valence-corrected chi connectivity index (χ4v) is 5.36. The highest BCUT2D eigenvalue weighted by Gasteiger charge is 2.46. The van der Waals surface area contributed by atoms with Gasteiger partial charge in [0, 0.05) is 40.7 Å². The Kier molecular flexibility index (Phi) is 3.55. The van der Waals surface area contributed by atoms with E-state index in [1.807, 2.05) is 24.0 Å². The zero-order valence-electron chi connectivity index (χ0n) is 14.1. The number of rotatable bonds is 3. The highest BCUT2D eigenvalue weighted by molar-refractivity contribution is 8.14. The summed E-state index contributed by atoms with van der Waals surface area (Å²) in [4.78, 5) is 15.7. The number of para-hydroxylation sites is 1. The molecular formula is C20H20N4S. The number of nitrogens with zero attached hydrogens (tertiary/aromatic N) is 3. The van der Waals surface area contributed by atoms with Crippen LogP contribution in [0.3, 0.4) is 0 Å². The second-order valence-electron chi connectivity index (χ2n) is 6.63. The molecule has 1 saturated heterocycles. The molecule has 3 aromatic rings. The maximum atomic E-state index is 5.09. The molecule has 4 heterocycles. The second-order valence-corrected chi connectivity index (χ2v) is 7.61. The number of fused-ring (bicyclic) bond motifs is 2. The fraction of sp³-hybridized carbons (Fsp3) is 0.300. The minimum atomic E-state index is 0.0530. The van der Waals surface area contributed by atoms with Crippen LogP contribution in [0.2, 0.25) is 0 Å². The van der Waals surface area contributed by atoms with Gasteiger partial charge < -0.3 is 9.88 Å². The Bertz CT molecular complexity index is 933. The summed E-state index contributed by atoms with van der Waals surface area (Å²) >= 11 is 1.89. The number of aromatic amines is 1. The zero-order chi connectivity index (χ0) is 16.8. The van der Waals surface area contributed by atoms with E-state index in [1.165, 1.54) is 21.6 Å². The van der Waals surface area contributed by atoms with Crippen molar-refractivity contribution in [3.63, 3.8) is 0 Å². The summed E-state index contributed by atoms with van der Waals surface area (Å²) in [7, 11) is 0. The smallest absolute Gasteiger partial charge is 0.160 e. The van der Waals surface area contributed by atoms with Gasteiger partial charge in [0.15, 0.2) is 5.17 Å². The predicted molar refractivity (Wildman–Crippen MR) is 104 cm³/mol. The molecule has 3 atom stereocenters. The van der Waals surface area contributed by atoms with Gasteiger partial charge in [0.05, 0.1) is 11.7 Å². The van der Waals surface area contributed by atoms with E-state index in [0.29, 0.717) is 6.04 Å². The molecule has 1 fully saturated rings. The second kappa shape index (κ2) is 5.92. The van der Waals surface area contributed by atoms with Gasteiger partial charge in [0.1, 0.15) is 6.04 Å². The number of hydrogen-bond donors (Lipinski definition) is 1. The number of nitrogens with one attached hydrogen (secondary N) is 1. The highest BCUT2D eigenvalue weighted by atomic mass is 32.2. The van der Waals surface area contributed by atoms with Gasteiger partial charge in [-0.15, -0.1) is 0 Å². The van der Waals surface area contributed by atoms with Gasteiger partial charge in [-0.25, -0.2) is 0 Å². The molecule has 0 bridgehead atoms. The molecule has 0 saturated carbocycles. The van der Waals surface area contributed by atoms with E-state index in [0.717, 1.165) is 17.9 Å². The molecule has 0 unspecified atom stereocenters. The molecule has 0 amide bonds. The summed E-state index contributed by atoms with van der Waals surface area (Å²) in [6.45, 7) is 2.27. The van der Waals surface area contributed by atoms with Crippen molar-refractivity contribution in [1.82, 2.24) is 14.9 Å². The summed E-state index contributed by atoms with van der Waals surface area (Å²) in [6, 6.07) is 15.5. The standard InChI is InChI=1S/C20H20N4S/c1-2-13-12-25-20-23-18(17-9-5-6-10-21-17)19(24(13)20)15-11-22-16-8-4-3-7-14(15)16/h3-11,13,18-19,22H,2,12H2,1H3/t13-,18-,19+/m0/s1. The first-order valence-corrected chi connectivity index (χ1v) is 9.81. The molecule has 4 nitrogen and oxygen atoms in total. The molecular weight excluding hydrogens is 328 g/mol. The van der Waals surface area contributed by atoms with Crippen LogP contribution in [0.25, 0.3) is 10.9 Å². The molecule has 5 rings (SSSR count). The lowest BCUT2D eigenvalue weighted by molar-refractivity contribution is 0.256. The molecule has 0 aliphatic carbocycles. The molecule has 2 aliphatic rings. The first-order chi connectivity index (χ1) is 12.4. The number of pyridine rings is 1. The molecule has 5 heteroatoms. The van der Waals surface area contributed by atoms with E-state index in [4.69, 9.17) is 4.99 Å². The van der Waals surface area contributed by atoms with Crippen molar-refractivity contribution in [2.75, 3.05) is 5.75 Å². The minimum absolute atomic E-state index is 0.0530. The number of aliphatic imine (C=N–C) groups is 1. The topological polar surface area (TPSA) is 44.3 Å². The van der Waals surface area contributed by atoms with E-state index < -0.39 is 0 Å². The molecule has 1 aromatic carbocycles. The Morgan fingerprint density at radius 2 is 2.08 bits per heavy atom. The van der Waals surface area contributed by atoms with Gasteiger partial charge in [0.2, 0.25) is 0 Å². The Hall–Kier alpha value is -2.27. The summed E-state index contributed by atoms with van der Waals surface area (Å²) in [5.41, 5.74) is 3.56. The van der Waals surface area contributed by atoms with Crippen LogP contribution < -0.4 is 0 Å². The van der Waals surface area contributed by atoms with E-state index in [-0.39, 0.29) is 12.1 Å². The monoisotopic (exact) mass is 348 g/mol. The number of aromatic nitrogens is 2. The largest absolute Gasteiger partial charge is 0.361 e. The van der Waals surface area contributed by atoms with Gasteiger partial charge in [-0.1, -0.05) is 43.0 Å². The van der Waals surface area contributed by atoms with Crippen LogP contribution in [0.4, 0.5) is 0 Å². The maximum absolute atomic E-state index is 5.09. The molecule has 1 N–H and O–H groups in total. The SMILES string of the molecule is CC[C@H]1CSC2=N[C@@H](c3ccccn3)[C@@H](c3c[nH]c4ccccc34)N21. The van der Waals surface area contributed by atoms with Crippen LogP contribution in [-0.2, 0) is 0 Å². The first-order valence-electron chi connectivity index (χ1n) is 8.82. The Labute approximate surface area is 151 Å². The van der Waals surface area contributed by atoms with E-state index >= 15 is 0 Å². The summed E-state index contributed by atoms with van der Waals surface area (Å²) < 4.78 is 0. The first kappa shape index (κ1) is 15.0. The van der Waals surface area contributed by atoms with Gasteiger partial charge in [-0.2, -0.15) is 0 Å². The fourth-order valence-electron chi connectivity index (χ4n) is 4.03. The molecule has 2 aliphatic heterocycles. The Morgan fingerprint density at radius 3 is 2.92 bits per heavy atom. The number of hydrogen-bond acceptors (Lipinski definition) is 4. The summed E-state index contributed by atoms with van der Waals surface area (Å²) in [5, 5.41) is 2.47. The Morgan fingerprint density at radius 1 is 1.20 bits per heavy atom. The molecule has 126 valence electrons. The lowest BCUT2D eigenvalue weighted by Gasteiger charge is -2.31. The van der Waals surface area contributed by atoms with Crippen molar-refractivity contribution in [2.24, 2.45) is 4.99 Å². The van der Waals surface area contributed by atoms with Crippen LogP contribution in [0.5, 0.6) is 0 Å². The van der Waals surface area contributed by atoms with Gasteiger partial charge in [-0.05, 0) is 24.6 Å². The maximum Gasteiger partial charge on any atom is 0.160 e. The van der Waals surface area contributed by atoms with Crippen LogP contribution in [-0.4, -0.2) is 31.8 Å².